The Morgan fingerprint density at radius 1 is 0.742 bits per heavy atom. The molecule has 0 heterocycles. The molecule has 3 aromatic rings. The van der Waals surface area contributed by atoms with Gasteiger partial charge in [-0.25, -0.2) is 9.59 Å². The molecule has 0 saturated heterocycles. The fourth-order valence-corrected chi connectivity index (χ4v) is 3.28. The van der Waals surface area contributed by atoms with Crippen LogP contribution in [0, 0.1) is 0 Å². The van der Waals surface area contributed by atoms with Gasteiger partial charge in [-0.05, 0) is 29.0 Å². The Morgan fingerprint density at radius 2 is 1.19 bits per heavy atom. The molecule has 0 amide bonds. The van der Waals surface area contributed by atoms with E-state index in [1.165, 1.54) is 16.7 Å². The van der Waals surface area contributed by atoms with Crippen LogP contribution in [0.1, 0.15) is 29.5 Å². The number of aliphatic carboxylic acids is 2. The van der Waals surface area contributed by atoms with Crippen molar-refractivity contribution < 1.29 is 19.8 Å². The molecule has 31 heavy (non-hydrogen) atoms. The largest absolute Gasteiger partial charge is 0.473 e. The first-order chi connectivity index (χ1) is 15.0. The number of carboxylic acid groups (broad SMARTS) is 2. The molecule has 0 saturated carbocycles. The highest BCUT2D eigenvalue weighted by atomic mass is 16.4. The van der Waals surface area contributed by atoms with Crippen LogP contribution in [-0.4, -0.2) is 40.1 Å². The lowest BCUT2D eigenvalue weighted by Crippen LogP contribution is -2.29. The molecule has 1 atom stereocenters. The van der Waals surface area contributed by atoms with Gasteiger partial charge in [-0.3, -0.25) is 4.90 Å². The normalized spacial score (nSPS) is 11.3. The van der Waals surface area contributed by atoms with Crippen molar-refractivity contribution in [1.82, 2.24) is 4.90 Å². The molecule has 162 valence electrons. The van der Waals surface area contributed by atoms with Crippen LogP contribution >= 0.6 is 0 Å². The van der Waals surface area contributed by atoms with Gasteiger partial charge in [0.25, 0.3) is 0 Å². The Hall–Kier alpha value is -3.44. The molecule has 0 fully saturated rings. The summed E-state index contributed by atoms with van der Waals surface area (Å²) >= 11 is 0. The van der Waals surface area contributed by atoms with Crippen molar-refractivity contribution in [2.45, 2.75) is 25.8 Å². The minimum absolute atomic E-state index is 0.528. The number of carboxylic acids is 2. The number of hydrogen-bond acceptors (Lipinski definition) is 3. The quantitative estimate of drug-likeness (QED) is 0.518. The first-order valence-electron chi connectivity index (χ1n) is 10.3. The van der Waals surface area contributed by atoms with E-state index in [0.29, 0.717) is 5.92 Å². The maximum Gasteiger partial charge on any atom is 0.414 e. The van der Waals surface area contributed by atoms with Gasteiger partial charge in [0.2, 0.25) is 0 Å². The number of carbonyl (C=O) groups is 2. The zero-order valence-electron chi connectivity index (χ0n) is 17.7. The predicted molar refractivity (Wildman–Crippen MR) is 122 cm³/mol. The highest BCUT2D eigenvalue weighted by molar-refractivity contribution is 6.27. The minimum Gasteiger partial charge on any atom is -0.473 e. The molecule has 1 unspecified atom stereocenters. The molecule has 0 aromatic heterocycles. The van der Waals surface area contributed by atoms with Crippen LogP contribution < -0.4 is 0 Å². The Morgan fingerprint density at radius 3 is 1.68 bits per heavy atom. The lowest BCUT2D eigenvalue weighted by atomic mass is 10.00. The summed E-state index contributed by atoms with van der Waals surface area (Å²) in [5, 5.41) is 14.8. The number of nitrogens with zero attached hydrogens (tertiary/aromatic N) is 1. The summed E-state index contributed by atoms with van der Waals surface area (Å²) in [6.07, 6.45) is 1.09. The highest BCUT2D eigenvalue weighted by Gasteiger charge is 2.12. The Labute approximate surface area is 183 Å². The van der Waals surface area contributed by atoms with Gasteiger partial charge in [0.05, 0.1) is 0 Å². The second kappa shape index (κ2) is 13.0. The van der Waals surface area contributed by atoms with Gasteiger partial charge in [0, 0.05) is 19.6 Å². The molecule has 0 bridgehead atoms. The van der Waals surface area contributed by atoms with E-state index >= 15 is 0 Å². The Balaban J connectivity index is 0.000000501. The third-order valence-electron chi connectivity index (χ3n) is 4.89. The summed E-state index contributed by atoms with van der Waals surface area (Å²) in [7, 11) is 0. The third-order valence-corrected chi connectivity index (χ3v) is 4.89. The third kappa shape index (κ3) is 9.28. The lowest BCUT2D eigenvalue weighted by molar-refractivity contribution is -0.159. The van der Waals surface area contributed by atoms with Crippen molar-refractivity contribution in [2.75, 3.05) is 13.1 Å². The maximum absolute atomic E-state index is 9.10. The second-order valence-corrected chi connectivity index (χ2v) is 7.38. The molecular formula is C26H29NO4. The van der Waals surface area contributed by atoms with Crippen LogP contribution in [0.15, 0.2) is 91.0 Å². The van der Waals surface area contributed by atoms with E-state index in [1.54, 1.807) is 0 Å². The summed E-state index contributed by atoms with van der Waals surface area (Å²) in [5.74, 6) is -3.12. The van der Waals surface area contributed by atoms with Crippen LogP contribution in [-0.2, 0) is 22.6 Å². The average Bonchev–Trinajstić information content (AvgIpc) is 2.80. The number of hydrogen-bond donors (Lipinski definition) is 2. The molecular weight excluding hydrogens is 390 g/mol. The van der Waals surface area contributed by atoms with Gasteiger partial charge >= 0.3 is 11.9 Å². The zero-order chi connectivity index (χ0) is 22.5. The Kier molecular flexibility index (Phi) is 9.98. The van der Waals surface area contributed by atoms with Crippen molar-refractivity contribution in [2.24, 2.45) is 0 Å². The fraction of sp³-hybridized carbons (Fsp3) is 0.231. The van der Waals surface area contributed by atoms with Crippen LogP contribution in [0.4, 0.5) is 0 Å². The van der Waals surface area contributed by atoms with E-state index in [1.807, 2.05) is 0 Å². The Bertz CT molecular complexity index is 902. The smallest absolute Gasteiger partial charge is 0.414 e. The number of rotatable bonds is 8. The van der Waals surface area contributed by atoms with E-state index in [0.717, 1.165) is 26.1 Å². The van der Waals surface area contributed by atoms with E-state index in [2.05, 4.69) is 103 Å². The van der Waals surface area contributed by atoms with Crippen molar-refractivity contribution in [1.29, 1.82) is 0 Å². The summed E-state index contributed by atoms with van der Waals surface area (Å²) in [6, 6.07) is 32.4. The molecule has 5 nitrogen and oxygen atoms in total. The van der Waals surface area contributed by atoms with E-state index in [9.17, 15) is 0 Å². The van der Waals surface area contributed by atoms with Crippen molar-refractivity contribution >= 4 is 11.9 Å². The molecule has 0 aliphatic rings. The lowest BCUT2D eigenvalue weighted by Gasteiger charge is -2.26. The minimum atomic E-state index is -1.82. The first kappa shape index (κ1) is 23.8. The van der Waals surface area contributed by atoms with Gasteiger partial charge in [-0.1, -0.05) is 97.9 Å². The predicted octanol–water partition coefficient (Wildman–Crippen LogP) is 4.69. The van der Waals surface area contributed by atoms with Crippen LogP contribution in [0.2, 0.25) is 0 Å². The monoisotopic (exact) mass is 419 g/mol. The molecule has 0 aliphatic heterocycles. The van der Waals surface area contributed by atoms with E-state index in [4.69, 9.17) is 19.8 Å². The molecule has 3 rings (SSSR count). The summed E-state index contributed by atoms with van der Waals surface area (Å²) < 4.78 is 0. The maximum atomic E-state index is 9.10. The average molecular weight is 420 g/mol. The van der Waals surface area contributed by atoms with E-state index < -0.39 is 11.9 Å². The van der Waals surface area contributed by atoms with E-state index in [-0.39, 0.29) is 0 Å². The number of benzene rings is 3. The van der Waals surface area contributed by atoms with Gasteiger partial charge in [0.15, 0.2) is 0 Å². The van der Waals surface area contributed by atoms with Crippen molar-refractivity contribution in [3.8, 4) is 0 Å². The second-order valence-electron chi connectivity index (χ2n) is 7.38. The summed E-state index contributed by atoms with van der Waals surface area (Å²) in [5.41, 5.74) is 4.21. The SMILES string of the molecule is CC(CN(CCc1ccccc1)Cc1ccccc1)c1ccccc1.O=C(O)C(=O)O. The molecule has 0 aliphatic carbocycles. The molecule has 0 spiro atoms. The molecule has 5 heteroatoms. The van der Waals surface area contributed by atoms with Gasteiger partial charge in [-0.15, -0.1) is 0 Å². The van der Waals surface area contributed by atoms with Gasteiger partial charge < -0.3 is 10.2 Å². The molecule has 2 N–H and O–H groups in total. The van der Waals surface area contributed by atoms with Gasteiger partial charge in [0.1, 0.15) is 0 Å². The molecule has 0 radical (unpaired) electrons. The molecule has 3 aromatic carbocycles. The zero-order valence-corrected chi connectivity index (χ0v) is 17.7. The van der Waals surface area contributed by atoms with Crippen molar-refractivity contribution in [3.05, 3.63) is 108 Å². The van der Waals surface area contributed by atoms with Crippen LogP contribution in [0.5, 0.6) is 0 Å². The summed E-state index contributed by atoms with van der Waals surface area (Å²) in [6.45, 7) is 5.49. The van der Waals surface area contributed by atoms with Crippen LogP contribution in [0.25, 0.3) is 0 Å². The van der Waals surface area contributed by atoms with Crippen molar-refractivity contribution in [3.63, 3.8) is 0 Å². The fourth-order valence-electron chi connectivity index (χ4n) is 3.28. The first-order valence-corrected chi connectivity index (χ1v) is 10.3. The topological polar surface area (TPSA) is 77.8 Å². The summed E-state index contributed by atoms with van der Waals surface area (Å²) in [4.78, 5) is 20.8. The highest BCUT2D eigenvalue weighted by Crippen LogP contribution is 2.18. The van der Waals surface area contributed by atoms with Crippen LogP contribution in [0.3, 0.4) is 0 Å². The van der Waals surface area contributed by atoms with Gasteiger partial charge in [-0.2, -0.15) is 0 Å². The standard InChI is InChI=1S/C24H27N.C2H2O4/c1-21(24-15-9-4-10-16-24)19-25(20-23-13-7-3-8-14-23)18-17-22-11-5-2-6-12-22;3-1(4)2(5)6/h2-16,21H,17-20H2,1H3;(H,3,4)(H,5,6).